The Labute approximate surface area is 216 Å². The number of benzene rings is 3. The number of anilines is 1. The van der Waals surface area contributed by atoms with E-state index in [4.69, 9.17) is 14.2 Å². The first-order valence-corrected chi connectivity index (χ1v) is 12.2. The second-order valence-corrected chi connectivity index (χ2v) is 9.00. The third kappa shape index (κ3) is 6.39. The van der Waals surface area contributed by atoms with Crippen molar-refractivity contribution in [3.05, 3.63) is 83.2 Å². The molecule has 0 aliphatic carbocycles. The average Bonchev–Trinajstić information content (AvgIpc) is 2.92. The van der Waals surface area contributed by atoms with Crippen molar-refractivity contribution >= 4 is 17.5 Å². The van der Waals surface area contributed by atoms with Gasteiger partial charge in [0.15, 0.2) is 18.1 Å². The van der Waals surface area contributed by atoms with Crippen molar-refractivity contribution in [3.8, 4) is 17.2 Å². The van der Waals surface area contributed by atoms with Gasteiger partial charge in [-0.3, -0.25) is 9.59 Å². The van der Waals surface area contributed by atoms with E-state index in [0.717, 1.165) is 18.4 Å². The number of rotatable bonds is 8. The van der Waals surface area contributed by atoms with Gasteiger partial charge in [-0.15, -0.1) is 0 Å². The number of amides is 2. The summed E-state index contributed by atoms with van der Waals surface area (Å²) in [6.45, 7) is 3.06. The Bertz CT molecular complexity index is 1240. The molecule has 37 heavy (non-hydrogen) atoms. The van der Waals surface area contributed by atoms with Gasteiger partial charge in [0.2, 0.25) is 0 Å². The minimum Gasteiger partial charge on any atom is -0.493 e. The Hall–Kier alpha value is -4.07. The highest BCUT2D eigenvalue weighted by atomic mass is 19.1. The first-order valence-electron chi connectivity index (χ1n) is 12.2. The molecule has 3 aromatic carbocycles. The van der Waals surface area contributed by atoms with Crippen molar-refractivity contribution < 1.29 is 28.2 Å². The van der Waals surface area contributed by atoms with E-state index < -0.39 is 0 Å². The van der Waals surface area contributed by atoms with Crippen LogP contribution in [0.2, 0.25) is 0 Å². The van der Waals surface area contributed by atoms with E-state index in [1.54, 1.807) is 20.3 Å². The highest BCUT2D eigenvalue weighted by Gasteiger charge is 2.26. The highest BCUT2D eigenvalue weighted by molar-refractivity contribution is 5.96. The van der Waals surface area contributed by atoms with E-state index in [1.807, 2.05) is 42.2 Å². The van der Waals surface area contributed by atoms with Gasteiger partial charge in [0.25, 0.3) is 11.8 Å². The van der Waals surface area contributed by atoms with Crippen LogP contribution < -0.4 is 19.5 Å². The summed E-state index contributed by atoms with van der Waals surface area (Å²) < 4.78 is 29.1. The second-order valence-electron chi connectivity index (χ2n) is 9.00. The molecule has 0 saturated carbocycles. The lowest BCUT2D eigenvalue weighted by Crippen LogP contribution is -2.38. The van der Waals surface area contributed by atoms with Gasteiger partial charge in [-0.25, -0.2) is 4.39 Å². The summed E-state index contributed by atoms with van der Waals surface area (Å²) in [6.07, 6.45) is 1.71. The van der Waals surface area contributed by atoms with Crippen molar-refractivity contribution in [1.29, 1.82) is 0 Å². The number of hydrogen-bond acceptors (Lipinski definition) is 5. The molecule has 1 aliphatic heterocycles. The third-order valence-corrected chi connectivity index (χ3v) is 6.59. The molecule has 1 saturated heterocycles. The van der Waals surface area contributed by atoms with E-state index in [2.05, 4.69) is 5.32 Å². The van der Waals surface area contributed by atoms with Crippen molar-refractivity contribution in [2.24, 2.45) is 0 Å². The molecule has 2 amide bonds. The van der Waals surface area contributed by atoms with Gasteiger partial charge in [-0.2, -0.15) is 0 Å². The molecule has 0 aromatic heterocycles. The summed E-state index contributed by atoms with van der Waals surface area (Å²) in [7, 11) is 3.14. The van der Waals surface area contributed by atoms with Crippen LogP contribution >= 0.6 is 0 Å². The first kappa shape index (κ1) is 26.0. The van der Waals surface area contributed by atoms with E-state index in [1.165, 1.54) is 29.8 Å². The Kier molecular flexibility index (Phi) is 8.28. The van der Waals surface area contributed by atoms with Crippen LogP contribution in [0, 0.1) is 12.7 Å². The van der Waals surface area contributed by atoms with E-state index >= 15 is 0 Å². The number of hydrogen-bond donors (Lipinski definition) is 1. The van der Waals surface area contributed by atoms with Crippen LogP contribution in [-0.2, 0) is 4.79 Å². The van der Waals surface area contributed by atoms with Crippen molar-refractivity contribution in [3.63, 3.8) is 0 Å². The maximum atomic E-state index is 13.2. The van der Waals surface area contributed by atoms with Crippen molar-refractivity contribution in [2.45, 2.75) is 25.7 Å². The quantitative estimate of drug-likeness (QED) is 0.455. The van der Waals surface area contributed by atoms with Crippen LogP contribution in [0.25, 0.3) is 0 Å². The van der Waals surface area contributed by atoms with Crippen molar-refractivity contribution in [2.75, 3.05) is 39.2 Å². The number of ether oxygens (including phenoxy) is 3. The zero-order valence-electron chi connectivity index (χ0n) is 21.3. The monoisotopic (exact) mass is 506 g/mol. The molecule has 1 N–H and O–H groups in total. The van der Waals surface area contributed by atoms with Crippen molar-refractivity contribution in [1.82, 2.24) is 4.90 Å². The van der Waals surface area contributed by atoms with E-state index in [-0.39, 0.29) is 24.2 Å². The molecular formula is C29H31FN2O5. The minimum absolute atomic E-state index is 0.00202. The number of nitrogens with one attached hydrogen (secondary N) is 1. The molecule has 194 valence electrons. The molecule has 1 heterocycles. The standard InChI is InChI=1S/C29H31FN2O5/c1-19-16-26(35-2)27(36-3)17-25(19)29(34)32-14-12-21(13-15-32)20-4-8-23(9-5-20)31-28(33)18-37-24-10-6-22(30)7-11-24/h4-11,16-17,21H,12-15,18H2,1-3H3,(H,31,33). The molecule has 8 heteroatoms. The molecular weight excluding hydrogens is 475 g/mol. The van der Waals surface area contributed by atoms with Gasteiger partial charge in [0.1, 0.15) is 11.6 Å². The number of nitrogens with zero attached hydrogens (tertiary/aromatic N) is 1. The average molecular weight is 507 g/mol. The Morgan fingerprint density at radius 3 is 2.19 bits per heavy atom. The molecule has 4 rings (SSSR count). The van der Waals surface area contributed by atoms with Crippen LogP contribution in [0.5, 0.6) is 17.2 Å². The van der Waals surface area contributed by atoms with Gasteiger partial charge in [0.05, 0.1) is 14.2 Å². The molecule has 0 spiro atoms. The fraction of sp³-hybridized carbons (Fsp3) is 0.310. The second kappa shape index (κ2) is 11.8. The van der Waals surface area contributed by atoms with E-state index in [9.17, 15) is 14.0 Å². The van der Waals surface area contributed by atoms with Crippen LogP contribution in [0.4, 0.5) is 10.1 Å². The summed E-state index contributed by atoms with van der Waals surface area (Å²) in [5.74, 6) is 1.25. The Morgan fingerprint density at radius 1 is 0.946 bits per heavy atom. The predicted molar refractivity (Wildman–Crippen MR) is 139 cm³/mol. The molecule has 1 aliphatic rings. The largest absolute Gasteiger partial charge is 0.493 e. The topological polar surface area (TPSA) is 77.1 Å². The number of halogens is 1. The smallest absolute Gasteiger partial charge is 0.262 e. The van der Waals surface area contributed by atoms with Gasteiger partial charge in [0, 0.05) is 24.3 Å². The number of carbonyl (C=O) groups excluding carboxylic acids is 2. The first-order chi connectivity index (χ1) is 17.9. The van der Waals surface area contributed by atoms with Gasteiger partial charge >= 0.3 is 0 Å². The lowest BCUT2D eigenvalue weighted by atomic mass is 9.89. The van der Waals surface area contributed by atoms with Crippen LogP contribution in [0.1, 0.15) is 40.2 Å². The molecule has 0 radical (unpaired) electrons. The summed E-state index contributed by atoms with van der Waals surface area (Å²) >= 11 is 0. The number of aryl methyl sites for hydroxylation is 1. The summed E-state index contributed by atoms with van der Waals surface area (Å²) in [5.41, 5.74) is 3.33. The van der Waals surface area contributed by atoms with Gasteiger partial charge < -0.3 is 24.4 Å². The number of piperidine rings is 1. The van der Waals surface area contributed by atoms with Crippen LogP contribution in [0.15, 0.2) is 60.7 Å². The van der Waals surface area contributed by atoms with E-state index in [0.29, 0.717) is 47.5 Å². The van der Waals surface area contributed by atoms with Crippen LogP contribution in [0.3, 0.4) is 0 Å². The van der Waals surface area contributed by atoms with Gasteiger partial charge in [-0.05, 0) is 85.3 Å². The molecule has 0 bridgehead atoms. The maximum Gasteiger partial charge on any atom is 0.262 e. The molecule has 3 aromatic rings. The zero-order valence-corrected chi connectivity index (χ0v) is 21.3. The summed E-state index contributed by atoms with van der Waals surface area (Å²) in [5, 5.41) is 2.81. The van der Waals surface area contributed by atoms with Gasteiger partial charge in [-0.1, -0.05) is 12.1 Å². The SMILES string of the molecule is COc1cc(C)c(C(=O)N2CCC(c3ccc(NC(=O)COc4ccc(F)cc4)cc3)CC2)cc1OC. The fourth-order valence-corrected chi connectivity index (χ4v) is 4.51. The molecule has 7 nitrogen and oxygen atoms in total. The summed E-state index contributed by atoms with van der Waals surface area (Å²) in [6, 6.07) is 16.9. The Balaban J connectivity index is 1.29. The predicted octanol–water partition coefficient (Wildman–Crippen LogP) is 5.19. The highest BCUT2D eigenvalue weighted by Crippen LogP contribution is 2.33. The molecule has 0 unspecified atom stereocenters. The maximum absolute atomic E-state index is 13.2. The normalized spacial score (nSPS) is 13.7. The lowest BCUT2D eigenvalue weighted by molar-refractivity contribution is -0.118. The Morgan fingerprint density at radius 2 is 1.57 bits per heavy atom. The third-order valence-electron chi connectivity index (χ3n) is 6.59. The van der Waals surface area contributed by atoms with Crippen LogP contribution in [-0.4, -0.2) is 50.6 Å². The number of methoxy groups -OCH3 is 2. The number of likely N-dealkylation sites (tertiary alicyclic amines) is 1. The molecule has 1 fully saturated rings. The molecule has 0 atom stereocenters. The fourth-order valence-electron chi connectivity index (χ4n) is 4.51. The number of carbonyl (C=O) groups is 2. The minimum atomic E-state index is -0.359. The summed E-state index contributed by atoms with van der Waals surface area (Å²) in [4.78, 5) is 27.3. The lowest BCUT2D eigenvalue weighted by Gasteiger charge is -2.33. The zero-order chi connectivity index (χ0) is 26.4.